The molecule has 0 bridgehead atoms. The molecule has 0 aromatic heterocycles. The lowest BCUT2D eigenvalue weighted by molar-refractivity contribution is 0.0225. The largest absolute Gasteiger partial charge is 0.382 e. The highest BCUT2D eigenvalue weighted by Crippen LogP contribution is 2.39. The molecule has 0 spiro atoms. The number of hydrogen-bond acceptors (Lipinski definition) is 4. The number of ether oxygens (including phenoxy) is 3. The number of hydrogen-bond donors (Lipinski definition) is 0. The molecule has 100 valence electrons. The summed E-state index contributed by atoms with van der Waals surface area (Å²) in [5.74, 6) is 1.66. The van der Waals surface area contributed by atoms with Gasteiger partial charge in [0.1, 0.15) is 0 Å². The summed E-state index contributed by atoms with van der Waals surface area (Å²) in [6.45, 7) is 3.38. The van der Waals surface area contributed by atoms with Crippen molar-refractivity contribution < 1.29 is 14.2 Å². The fraction of sp³-hybridized carbons (Fsp3) is 0.571. The third-order valence-electron chi connectivity index (χ3n) is 2.92. The maximum Gasteiger partial charge on any atom is 0.0701 e. The van der Waals surface area contributed by atoms with Gasteiger partial charge in [0.05, 0.1) is 33.0 Å². The van der Waals surface area contributed by atoms with E-state index < -0.39 is 0 Å². The van der Waals surface area contributed by atoms with Crippen LogP contribution in [0.25, 0.3) is 0 Å². The molecule has 1 unspecified atom stereocenters. The summed E-state index contributed by atoms with van der Waals surface area (Å²) in [5.41, 5.74) is 1.43. The van der Waals surface area contributed by atoms with E-state index >= 15 is 0 Å². The minimum absolute atomic E-state index is 0.533. The van der Waals surface area contributed by atoms with E-state index in [1.54, 1.807) is 7.11 Å². The first-order chi connectivity index (χ1) is 8.92. The lowest BCUT2D eigenvalue weighted by Gasteiger charge is -2.11. The molecule has 18 heavy (non-hydrogen) atoms. The Morgan fingerprint density at radius 2 is 1.89 bits per heavy atom. The van der Waals surface area contributed by atoms with Crippen molar-refractivity contribution in [3.8, 4) is 0 Å². The molecule has 3 nitrogen and oxygen atoms in total. The third kappa shape index (κ3) is 3.99. The number of thioether (sulfide) groups is 1. The molecule has 2 rings (SSSR count). The number of fused-ring (bicyclic) bond motifs is 1. The standard InChI is InChI=1S/C14H20O3S/c1-15-6-7-16-8-9-17-10-12-11-18-14-5-3-2-4-13(12)14/h2-5,12H,6-11H2,1H3. The average molecular weight is 268 g/mol. The van der Waals surface area contributed by atoms with Crippen LogP contribution in [0.2, 0.25) is 0 Å². The fourth-order valence-corrected chi connectivity index (χ4v) is 3.19. The number of rotatable bonds is 8. The smallest absolute Gasteiger partial charge is 0.0701 e. The summed E-state index contributed by atoms with van der Waals surface area (Å²) in [7, 11) is 1.68. The van der Waals surface area contributed by atoms with Crippen molar-refractivity contribution in [3.05, 3.63) is 29.8 Å². The minimum Gasteiger partial charge on any atom is -0.382 e. The van der Waals surface area contributed by atoms with Gasteiger partial charge in [0, 0.05) is 23.7 Å². The van der Waals surface area contributed by atoms with Gasteiger partial charge in [-0.1, -0.05) is 18.2 Å². The predicted molar refractivity (Wildman–Crippen MR) is 73.4 cm³/mol. The molecule has 1 heterocycles. The first-order valence-corrected chi connectivity index (χ1v) is 7.26. The van der Waals surface area contributed by atoms with Crippen molar-refractivity contribution in [2.45, 2.75) is 10.8 Å². The summed E-state index contributed by atoms with van der Waals surface area (Å²) < 4.78 is 15.9. The Kier molecular flexibility index (Phi) is 6.00. The second kappa shape index (κ2) is 7.79. The van der Waals surface area contributed by atoms with Gasteiger partial charge >= 0.3 is 0 Å². The summed E-state index contributed by atoms with van der Waals surface area (Å²) in [4.78, 5) is 1.41. The molecule has 1 aromatic rings. The van der Waals surface area contributed by atoms with Gasteiger partial charge in [0.15, 0.2) is 0 Å². The van der Waals surface area contributed by atoms with Crippen molar-refractivity contribution in [1.82, 2.24) is 0 Å². The maximum absolute atomic E-state index is 5.68. The van der Waals surface area contributed by atoms with Crippen molar-refractivity contribution in [2.75, 3.05) is 45.9 Å². The highest BCUT2D eigenvalue weighted by Gasteiger charge is 2.22. The zero-order chi connectivity index (χ0) is 12.6. The van der Waals surface area contributed by atoms with Gasteiger partial charge in [-0.3, -0.25) is 0 Å². The highest BCUT2D eigenvalue weighted by atomic mass is 32.2. The molecule has 0 amide bonds. The predicted octanol–water partition coefficient (Wildman–Crippen LogP) is 2.56. The zero-order valence-electron chi connectivity index (χ0n) is 10.8. The van der Waals surface area contributed by atoms with Gasteiger partial charge in [-0.2, -0.15) is 0 Å². The Morgan fingerprint density at radius 1 is 1.11 bits per heavy atom. The Morgan fingerprint density at radius 3 is 2.78 bits per heavy atom. The molecule has 0 fully saturated rings. The summed E-state index contributed by atoms with van der Waals surface area (Å²) >= 11 is 1.92. The molecule has 1 atom stereocenters. The molecule has 1 aliphatic rings. The van der Waals surface area contributed by atoms with Crippen LogP contribution in [0.3, 0.4) is 0 Å². The summed E-state index contributed by atoms with van der Waals surface area (Å²) in [6, 6.07) is 8.59. The topological polar surface area (TPSA) is 27.7 Å². The van der Waals surface area contributed by atoms with E-state index in [-0.39, 0.29) is 0 Å². The van der Waals surface area contributed by atoms with E-state index in [1.165, 1.54) is 10.5 Å². The van der Waals surface area contributed by atoms with Gasteiger partial charge in [-0.05, 0) is 11.6 Å². The van der Waals surface area contributed by atoms with E-state index in [2.05, 4.69) is 24.3 Å². The Bertz CT molecular complexity index is 357. The molecule has 0 radical (unpaired) electrons. The Labute approximate surface area is 113 Å². The lowest BCUT2D eigenvalue weighted by Crippen LogP contribution is -2.12. The number of methoxy groups -OCH3 is 1. The molecule has 0 saturated heterocycles. The van der Waals surface area contributed by atoms with Crippen LogP contribution in [0.15, 0.2) is 29.2 Å². The Balaban J connectivity index is 1.61. The number of benzene rings is 1. The van der Waals surface area contributed by atoms with Crippen LogP contribution in [0.1, 0.15) is 11.5 Å². The lowest BCUT2D eigenvalue weighted by atomic mass is 10.0. The van der Waals surface area contributed by atoms with Crippen LogP contribution in [-0.4, -0.2) is 45.9 Å². The molecular formula is C14H20O3S. The van der Waals surface area contributed by atoms with Crippen LogP contribution < -0.4 is 0 Å². The van der Waals surface area contributed by atoms with E-state index in [1.807, 2.05) is 11.8 Å². The molecule has 1 aromatic carbocycles. The Hall–Kier alpha value is -0.550. The molecule has 4 heteroatoms. The van der Waals surface area contributed by atoms with E-state index in [0.29, 0.717) is 32.3 Å². The van der Waals surface area contributed by atoms with Crippen molar-refractivity contribution in [2.24, 2.45) is 0 Å². The first-order valence-electron chi connectivity index (χ1n) is 6.28. The van der Waals surface area contributed by atoms with Crippen molar-refractivity contribution in [3.63, 3.8) is 0 Å². The highest BCUT2D eigenvalue weighted by molar-refractivity contribution is 7.99. The monoisotopic (exact) mass is 268 g/mol. The van der Waals surface area contributed by atoms with Crippen LogP contribution in [0.4, 0.5) is 0 Å². The third-order valence-corrected chi connectivity index (χ3v) is 4.17. The van der Waals surface area contributed by atoms with Crippen LogP contribution in [-0.2, 0) is 14.2 Å². The van der Waals surface area contributed by atoms with Crippen LogP contribution in [0.5, 0.6) is 0 Å². The fourth-order valence-electron chi connectivity index (χ4n) is 1.96. The molecule has 0 N–H and O–H groups in total. The SMILES string of the molecule is COCCOCCOCC1CSc2ccccc21. The van der Waals surface area contributed by atoms with Gasteiger partial charge in [-0.25, -0.2) is 0 Å². The van der Waals surface area contributed by atoms with E-state index in [0.717, 1.165) is 12.4 Å². The normalized spacial score (nSPS) is 17.9. The second-order valence-electron chi connectivity index (χ2n) is 4.23. The van der Waals surface area contributed by atoms with Crippen molar-refractivity contribution >= 4 is 11.8 Å². The van der Waals surface area contributed by atoms with Crippen LogP contribution >= 0.6 is 11.8 Å². The van der Waals surface area contributed by atoms with Gasteiger partial charge in [-0.15, -0.1) is 11.8 Å². The molecule has 0 saturated carbocycles. The van der Waals surface area contributed by atoms with E-state index in [9.17, 15) is 0 Å². The summed E-state index contributed by atoms with van der Waals surface area (Å²) in [5, 5.41) is 0. The second-order valence-corrected chi connectivity index (χ2v) is 5.29. The molecule has 0 aliphatic carbocycles. The molecule has 1 aliphatic heterocycles. The summed E-state index contributed by atoms with van der Waals surface area (Å²) in [6.07, 6.45) is 0. The average Bonchev–Trinajstić information content (AvgIpc) is 2.81. The van der Waals surface area contributed by atoms with Crippen molar-refractivity contribution in [1.29, 1.82) is 0 Å². The van der Waals surface area contributed by atoms with Gasteiger partial charge in [0.25, 0.3) is 0 Å². The molecular weight excluding hydrogens is 248 g/mol. The van der Waals surface area contributed by atoms with Gasteiger partial charge < -0.3 is 14.2 Å². The zero-order valence-corrected chi connectivity index (χ0v) is 11.6. The minimum atomic E-state index is 0.533. The van der Waals surface area contributed by atoms with Gasteiger partial charge in [0.2, 0.25) is 0 Å². The first kappa shape index (κ1) is 13.9. The quantitative estimate of drug-likeness (QED) is 0.677. The maximum atomic E-state index is 5.68. The van der Waals surface area contributed by atoms with Crippen LogP contribution in [0, 0.1) is 0 Å². The van der Waals surface area contributed by atoms with E-state index in [4.69, 9.17) is 14.2 Å².